The minimum atomic E-state index is 0.987. The van der Waals surface area contributed by atoms with E-state index in [9.17, 15) is 0 Å². The number of hydrogen-bond donors (Lipinski definition) is 0. The molecule has 0 saturated carbocycles. The molecule has 0 aliphatic rings. The van der Waals surface area contributed by atoms with Crippen LogP contribution in [0.2, 0.25) is 0 Å². The fourth-order valence-corrected chi connectivity index (χ4v) is 1.98. The van der Waals surface area contributed by atoms with Gasteiger partial charge in [-0.3, -0.25) is 5.01 Å². The van der Waals surface area contributed by atoms with Gasteiger partial charge in [0.2, 0.25) is 0 Å². The normalized spacial score (nSPS) is 11.4. The Bertz CT molecular complexity index is 517. The van der Waals surface area contributed by atoms with E-state index in [1.807, 2.05) is 36.3 Å². The van der Waals surface area contributed by atoms with Crippen molar-refractivity contribution in [1.29, 1.82) is 0 Å². The van der Waals surface area contributed by atoms with E-state index in [0.717, 1.165) is 24.2 Å². The minimum Gasteiger partial charge on any atom is -0.269 e. The van der Waals surface area contributed by atoms with Crippen molar-refractivity contribution < 1.29 is 0 Å². The highest BCUT2D eigenvalue weighted by Gasteiger charge is 1.99. The van der Waals surface area contributed by atoms with Gasteiger partial charge in [0.05, 0.1) is 5.69 Å². The zero-order valence-corrected chi connectivity index (χ0v) is 11.6. The third-order valence-corrected chi connectivity index (χ3v) is 3.07. The first-order chi connectivity index (χ1) is 9.25. The van der Waals surface area contributed by atoms with Gasteiger partial charge in [-0.2, -0.15) is 5.10 Å². The summed E-state index contributed by atoms with van der Waals surface area (Å²) in [6.45, 7) is 2.09. The number of benzene rings is 2. The smallest absolute Gasteiger partial charge is 0.0590 e. The molecule has 2 nitrogen and oxygen atoms in total. The Morgan fingerprint density at radius 3 is 2.16 bits per heavy atom. The number of rotatable bonds is 5. The topological polar surface area (TPSA) is 15.6 Å². The second-order valence-corrected chi connectivity index (χ2v) is 4.68. The lowest BCUT2D eigenvalue weighted by Crippen LogP contribution is -2.11. The Balaban J connectivity index is 1.92. The van der Waals surface area contributed by atoms with Crippen molar-refractivity contribution in [3.05, 3.63) is 66.2 Å². The Hall–Kier alpha value is -2.09. The number of nitrogens with zero attached hydrogens (tertiary/aromatic N) is 2. The molecule has 2 aromatic carbocycles. The van der Waals surface area contributed by atoms with Crippen LogP contribution in [-0.4, -0.2) is 12.8 Å². The standard InChI is InChI=1S/C17H20N2/c1-15(13-14-16-9-5-3-6-10-16)18-19(2)17-11-7-4-8-12-17/h3-12H,13-14H2,1-2H3/b18-15+. The maximum atomic E-state index is 4.61. The summed E-state index contributed by atoms with van der Waals surface area (Å²) in [5, 5.41) is 6.54. The highest BCUT2D eigenvalue weighted by Crippen LogP contribution is 2.12. The Kier molecular flexibility index (Phi) is 4.73. The largest absolute Gasteiger partial charge is 0.269 e. The molecule has 2 heteroatoms. The van der Waals surface area contributed by atoms with E-state index in [1.54, 1.807) is 0 Å². The maximum absolute atomic E-state index is 4.61. The summed E-state index contributed by atoms with van der Waals surface area (Å²) in [6, 6.07) is 20.7. The highest BCUT2D eigenvalue weighted by molar-refractivity contribution is 5.83. The van der Waals surface area contributed by atoms with Gasteiger partial charge in [-0.05, 0) is 37.5 Å². The summed E-state index contributed by atoms with van der Waals surface area (Å²) >= 11 is 0. The zero-order chi connectivity index (χ0) is 13.5. The fourth-order valence-electron chi connectivity index (χ4n) is 1.98. The monoisotopic (exact) mass is 252 g/mol. The molecular formula is C17H20N2. The molecule has 2 aromatic rings. The average Bonchev–Trinajstić information content (AvgIpc) is 2.47. The lowest BCUT2D eigenvalue weighted by atomic mass is 10.1. The molecule has 0 aliphatic heterocycles. The predicted octanol–water partition coefficient (Wildman–Crippen LogP) is 4.13. The molecular weight excluding hydrogens is 232 g/mol. The summed E-state index contributed by atoms with van der Waals surface area (Å²) in [5.41, 5.74) is 3.62. The number of anilines is 1. The van der Waals surface area contributed by atoms with E-state index in [-0.39, 0.29) is 0 Å². The van der Waals surface area contributed by atoms with Gasteiger partial charge in [-0.15, -0.1) is 0 Å². The van der Waals surface area contributed by atoms with E-state index in [2.05, 4.69) is 48.4 Å². The van der Waals surface area contributed by atoms with Crippen LogP contribution >= 0.6 is 0 Å². The van der Waals surface area contributed by atoms with Crippen molar-refractivity contribution >= 4 is 11.4 Å². The maximum Gasteiger partial charge on any atom is 0.0590 e. The number of para-hydroxylation sites is 1. The second-order valence-electron chi connectivity index (χ2n) is 4.68. The predicted molar refractivity (Wildman–Crippen MR) is 82.7 cm³/mol. The van der Waals surface area contributed by atoms with Gasteiger partial charge in [-0.1, -0.05) is 48.5 Å². The first kappa shape index (κ1) is 13.3. The Morgan fingerprint density at radius 1 is 0.947 bits per heavy atom. The molecule has 0 heterocycles. The van der Waals surface area contributed by atoms with Crippen LogP contribution in [0.4, 0.5) is 5.69 Å². The quantitative estimate of drug-likeness (QED) is 0.577. The summed E-state index contributed by atoms with van der Waals surface area (Å²) in [6.07, 6.45) is 2.03. The minimum absolute atomic E-state index is 0.987. The van der Waals surface area contributed by atoms with Crippen LogP contribution in [0.3, 0.4) is 0 Å². The molecule has 0 amide bonds. The van der Waals surface area contributed by atoms with Gasteiger partial charge < -0.3 is 0 Å². The van der Waals surface area contributed by atoms with Crippen LogP contribution in [-0.2, 0) is 6.42 Å². The van der Waals surface area contributed by atoms with Crippen molar-refractivity contribution in [2.24, 2.45) is 5.10 Å². The molecule has 98 valence electrons. The number of hydrazone groups is 1. The molecule has 0 aromatic heterocycles. The third kappa shape index (κ3) is 4.25. The van der Waals surface area contributed by atoms with Crippen LogP contribution in [0, 0.1) is 0 Å². The molecule has 0 spiro atoms. The highest BCUT2D eigenvalue weighted by atomic mass is 15.4. The summed E-state index contributed by atoms with van der Waals surface area (Å²) in [5.74, 6) is 0. The van der Waals surface area contributed by atoms with Crippen LogP contribution in [0.1, 0.15) is 18.9 Å². The third-order valence-electron chi connectivity index (χ3n) is 3.07. The summed E-state index contributed by atoms with van der Waals surface area (Å²) in [4.78, 5) is 0. The number of aryl methyl sites for hydroxylation is 1. The van der Waals surface area contributed by atoms with Gasteiger partial charge >= 0.3 is 0 Å². The van der Waals surface area contributed by atoms with Crippen LogP contribution < -0.4 is 5.01 Å². The first-order valence-electron chi connectivity index (χ1n) is 6.62. The van der Waals surface area contributed by atoms with Crippen LogP contribution in [0.25, 0.3) is 0 Å². The lowest BCUT2D eigenvalue weighted by molar-refractivity contribution is 0.966. The summed E-state index contributed by atoms with van der Waals surface area (Å²) < 4.78 is 0. The van der Waals surface area contributed by atoms with Crippen LogP contribution in [0.5, 0.6) is 0 Å². The SMILES string of the molecule is C/C(CCc1ccccc1)=N\N(C)c1ccccc1. The van der Waals surface area contributed by atoms with Gasteiger partial charge in [0.1, 0.15) is 0 Å². The van der Waals surface area contributed by atoms with Gasteiger partial charge in [0.25, 0.3) is 0 Å². The summed E-state index contributed by atoms with van der Waals surface area (Å²) in [7, 11) is 1.99. The molecule has 0 fully saturated rings. The second kappa shape index (κ2) is 6.74. The molecule has 19 heavy (non-hydrogen) atoms. The van der Waals surface area contributed by atoms with Crippen molar-refractivity contribution in [1.82, 2.24) is 0 Å². The van der Waals surface area contributed by atoms with Crippen molar-refractivity contribution in [3.8, 4) is 0 Å². The van der Waals surface area contributed by atoms with E-state index in [4.69, 9.17) is 0 Å². The van der Waals surface area contributed by atoms with Crippen LogP contribution in [0.15, 0.2) is 65.8 Å². The van der Waals surface area contributed by atoms with E-state index in [1.165, 1.54) is 5.56 Å². The zero-order valence-electron chi connectivity index (χ0n) is 11.6. The first-order valence-corrected chi connectivity index (χ1v) is 6.62. The van der Waals surface area contributed by atoms with Crippen molar-refractivity contribution in [2.75, 3.05) is 12.1 Å². The molecule has 0 N–H and O–H groups in total. The van der Waals surface area contributed by atoms with E-state index < -0.39 is 0 Å². The molecule has 0 radical (unpaired) electrons. The fraction of sp³-hybridized carbons (Fsp3) is 0.235. The van der Waals surface area contributed by atoms with Gasteiger partial charge in [0.15, 0.2) is 0 Å². The van der Waals surface area contributed by atoms with E-state index in [0.29, 0.717) is 0 Å². The van der Waals surface area contributed by atoms with Crippen molar-refractivity contribution in [3.63, 3.8) is 0 Å². The average molecular weight is 252 g/mol. The van der Waals surface area contributed by atoms with Crippen molar-refractivity contribution in [2.45, 2.75) is 19.8 Å². The molecule has 0 atom stereocenters. The lowest BCUT2D eigenvalue weighted by Gasteiger charge is -2.14. The van der Waals surface area contributed by atoms with Gasteiger partial charge in [-0.25, -0.2) is 0 Å². The molecule has 0 aliphatic carbocycles. The Labute approximate surface area is 115 Å². The Morgan fingerprint density at radius 2 is 1.53 bits per heavy atom. The van der Waals surface area contributed by atoms with Gasteiger partial charge in [0, 0.05) is 12.8 Å². The van der Waals surface area contributed by atoms with E-state index >= 15 is 0 Å². The molecule has 0 saturated heterocycles. The number of hydrogen-bond acceptors (Lipinski definition) is 2. The molecule has 0 unspecified atom stereocenters. The molecule has 0 bridgehead atoms. The molecule has 2 rings (SSSR count).